The van der Waals surface area contributed by atoms with E-state index >= 15 is 0 Å². The Morgan fingerprint density at radius 2 is 1.96 bits per heavy atom. The third kappa shape index (κ3) is 3.34. The summed E-state index contributed by atoms with van der Waals surface area (Å²) >= 11 is 0. The standard InChI is InChI=1S/C18H19NO4S/c1-13-10-19(11-16-6-2-3-8-17(13)16)24(22,23)12-14-5-4-7-15(9-14)18(20)21/h2-9,13H,10-12H2,1H3,(H,20,21). The molecule has 1 aliphatic heterocycles. The first-order chi connectivity index (χ1) is 11.4. The molecule has 0 saturated carbocycles. The van der Waals surface area contributed by atoms with Crippen molar-refractivity contribution in [2.45, 2.75) is 25.1 Å². The molecule has 0 fully saturated rings. The zero-order valence-electron chi connectivity index (χ0n) is 13.3. The molecule has 5 nitrogen and oxygen atoms in total. The highest BCUT2D eigenvalue weighted by molar-refractivity contribution is 7.88. The molecule has 1 aliphatic rings. The van der Waals surface area contributed by atoms with Crippen LogP contribution in [0.2, 0.25) is 0 Å². The Balaban J connectivity index is 1.84. The molecule has 0 aliphatic carbocycles. The van der Waals surface area contributed by atoms with Gasteiger partial charge in [0.05, 0.1) is 11.3 Å². The van der Waals surface area contributed by atoms with Crippen molar-refractivity contribution < 1.29 is 18.3 Å². The Kier molecular flexibility index (Phi) is 4.43. The van der Waals surface area contributed by atoms with Crippen LogP contribution in [0.1, 0.15) is 39.9 Å². The maximum atomic E-state index is 12.8. The monoisotopic (exact) mass is 345 g/mol. The average Bonchev–Trinajstić information content (AvgIpc) is 2.54. The van der Waals surface area contributed by atoms with E-state index in [9.17, 15) is 13.2 Å². The first-order valence-corrected chi connectivity index (χ1v) is 9.35. The molecule has 126 valence electrons. The summed E-state index contributed by atoms with van der Waals surface area (Å²) in [6.45, 7) is 2.82. The van der Waals surface area contributed by atoms with Gasteiger partial charge in [0.1, 0.15) is 0 Å². The SMILES string of the molecule is CC1CN(S(=O)(=O)Cc2cccc(C(=O)O)c2)Cc2ccccc21. The number of carboxylic acid groups (broad SMARTS) is 1. The van der Waals surface area contributed by atoms with Crippen molar-refractivity contribution in [1.82, 2.24) is 4.31 Å². The molecule has 1 N–H and O–H groups in total. The van der Waals surface area contributed by atoms with Crippen molar-refractivity contribution in [3.8, 4) is 0 Å². The second-order valence-electron chi connectivity index (χ2n) is 6.15. The van der Waals surface area contributed by atoms with Crippen molar-refractivity contribution in [2.24, 2.45) is 0 Å². The van der Waals surface area contributed by atoms with E-state index in [1.165, 1.54) is 22.0 Å². The lowest BCUT2D eigenvalue weighted by molar-refractivity contribution is 0.0696. The molecule has 2 aromatic rings. The molecule has 0 radical (unpaired) electrons. The van der Waals surface area contributed by atoms with Gasteiger partial charge in [-0.2, -0.15) is 4.31 Å². The normalized spacial score (nSPS) is 18.1. The fourth-order valence-corrected chi connectivity index (χ4v) is 4.70. The van der Waals surface area contributed by atoms with Crippen molar-refractivity contribution in [3.63, 3.8) is 0 Å². The first-order valence-electron chi connectivity index (χ1n) is 7.74. The summed E-state index contributed by atoms with van der Waals surface area (Å²) in [5, 5.41) is 9.04. The summed E-state index contributed by atoms with van der Waals surface area (Å²) in [6.07, 6.45) is 0. The average molecular weight is 345 g/mol. The van der Waals surface area contributed by atoms with Crippen LogP contribution in [-0.2, 0) is 22.3 Å². The summed E-state index contributed by atoms with van der Waals surface area (Å²) in [7, 11) is -3.51. The summed E-state index contributed by atoms with van der Waals surface area (Å²) in [4.78, 5) is 11.0. The zero-order valence-corrected chi connectivity index (χ0v) is 14.2. The van der Waals surface area contributed by atoms with E-state index < -0.39 is 16.0 Å². The van der Waals surface area contributed by atoms with Gasteiger partial charge in [-0.05, 0) is 34.7 Å². The highest BCUT2D eigenvalue weighted by Crippen LogP contribution is 2.30. The van der Waals surface area contributed by atoms with Crippen molar-refractivity contribution in [3.05, 3.63) is 70.8 Å². The molecular weight excluding hydrogens is 326 g/mol. The number of aromatic carboxylic acids is 1. The minimum absolute atomic E-state index is 0.0973. The Hall–Kier alpha value is -2.18. The predicted octanol–water partition coefficient (Wildman–Crippen LogP) is 2.83. The van der Waals surface area contributed by atoms with E-state index in [0.29, 0.717) is 18.7 Å². The van der Waals surface area contributed by atoms with Gasteiger partial charge in [-0.1, -0.05) is 43.3 Å². The van der Waals surface area contributed by atoms with Crippen LogP contribution < -0.4 is 0 Å². The van der Waals surface area contributed by atoms with E-state index in [2.05, 4.69) is 0 Å². The van der Waals surface area contributed by atoms with Gasteiger partial charge in [0, 0.05) is 13.1 Å². The number of sulfonamides is 1. The summed E-state index contributed by atoms with van der Waals surface area (Å²) in [6, 6.07) is 14.0. The van der Waals surface area contributed by atoms with Gasteiger partial charge in [-0.25, -0.2) is 13.2 Å². The molecule has 0 bridgehead atoms. The van der Waals surface area contributed by atoms with Gasteiger partial charge in [0.25, 0.3) is 0 Å². The van der Waals surface area contributed by atoms with E-state index in [1.807, 2.05) is 31.2 Å². The van der Waals surface area contributed by atoms with Crippen LogP contribution in [0, 0.1) is 0 Å². The molecule has 0 aromatic heterocycles. The molecule has 1 heterocycles. The lowest BCUT2D eigenvalue weighted by atomic mass is 9.92. The van der Waals surface area contributed by atoms with Gasteiger partial charge in [0.2, 0.25) is 10.0 Å². The van der Waals surface area contributed by atoms with E-state index in [4.69, 9.17) is 5.11 Å². The molecule has 1 atom stereocenters. The number of hydrogen-bond acceptors (Lipinski definition) is 3. The van der Waals surface area contributed by atoms with Crippen LogP contribution in [0.3, 0.4) is 0 Å². The maximum Gasteiger partial charge on any atom is 0.335 e. The van der Waals surface area contributed by atoms with Crippen LogP contribution >= 0.6 is 0 Å². The van der Waals surface area contributed by atoms with E-state index in [-0.39, 0.29) is 17.2 Å². The van der Waals surface area contributed by atoms with Crippen LogP contribution in [0.4, 0.5) is 0 Å². The number of carboxylic acids is 1. The zero-order chi connectivity index (χ0) is 17.3. The summed E-state index contributed by atoms with van der Waals surface area (Å²) in [5.74, 6) is -1.12. The quantitative estimate of drug-likeness (QED) is 0.925. The minimum Gasteiger partial charge on any atom is -0.478 e. The largest absolute Gasteiger partial charge is 0.478 e. The second kappa shape index (κ2) is 6.37. The van der Waals surface area contributed by atoms with Crippen LogP contribution in [0.5, 0.6) is 0 Å². The Labute approximate surface area is 141 Å². The third-order valence-corrected chi connectivity index (χ3v) is 6.09. The number of fused-ring (bicyclic) bond motifs is 1. The molecule has 0 amide bonds. The molecule has 2 aromatic carbocycles. The second-order valence-corrected chi connectivity index (χ2v) is 8.12. The van der Waals surface area contributed by atoms with Crippen molar-refractivity contribution >= 4 is 16.0 Å². The van der Waals surface area contributed by atoms with Gasteiger partial charge in [0.15, 0.2) is 0 Å². The van der Waals surface area contributed by atoms with E-state index in [1.54, 1.807) is 12.1 Å². The Bertz CT molecular complexity index is 876. The van der Waals surface area contributed by atoms with Crippen LogP contribution in [-0.4, -0.2) is 30.3 Å². The number of hydrogen-bond donors (Lipinski definition) is 1. The topological polar surface area (TPSA) is 74.7 Å². The Morgan fingerprint density at radius 3 is 2.71 bits per heavy atom. The number of rotatable bonds is 4. The van der Waals surface area contributed by atoms with E-state index in [0.717, 1.165) is 5.56 Å². The molecule has 3 rings (SSSR count). The van der Waals surface area contributed by atoms with Gasteiger partial charge in [-0.3, -0.25) is 0 Å². The van der Waals surface area contributed by atoms with Crippen LogP contribution in [0.15, 0.2) is 48.5 Å². The fraction of sp³-hybridized carbons (Fsp3) is 0.278. The molecule has 24 heavy (non-hydrogen) atoms. The molecule has 6 heteroatoms. The lowest BCUT2D eigenvalue weighted by Gasteiger charge is -2.32. The van der Waals surface area contributed by atoms with Gasteiger partial charge >= 0.3 is 5.97 Å². The maximum absolute atomic E-state index is 12.8. The number of nitrogens with zero attached hydrogens (tertiary/aromatic N) is 1. The van der Waals surface area contributed by atoms with Crippen molar-refractivity contribution in [2.75, 3.05) is 6.54 Å². The number of carbonyl (C=O) groups is 1. The smallest absolute Gasteiger partial charge is 0.335 e. The fourth-order valence-electron chi connectivity index (χ4n) is 3.13. The van der Waals surface area contributed by atoms with Gasteiger partial charge < -0.3 is 5.11 Å². The highest BCUT2D eigenvalue weighted by atomic mass is 32.2. The van der Waals surface area contributed by atoms with Gasteiger partial charge in [-0.15, -0.1) is 0 Å². The summed E-state index contributed by atoms with van der Waals surface area (Å²) in [5.41, 5.74) is 2.80. The lowest BCUT2D eigenvalue weighted by Crippen LogP contribution is -2.38. The third-order valence-electron chi connectivity index (χ3n) is 4.33. The molecule has 1 unspecified atom stereocenters. The van der Waals surface area contributed by atoms with Crippen LogP contribution in [0.25, 0.3) is 0 Å². The summed E-state index contributed by atoms with van der Waals surface area (Å²) < 4.78 is 27.0. The molecule has 0 saturated heterocycles. The van der Waals surface area contributed by atoms with Crippen molar-refractivity contribution in [1.29, 1.82) is 0 Å². The number of benzene rings is 2. The molecule has 0 spiro atoms. The predicted molar refractivity (Wildman–Crippen MR) is 91.3 cm³/mol. The minimum atomic E-state index is -3.51. The first kappa shape index (κ1) is 16.7. The molecular formula is C18H19NO4S. The highest BCUT2D eigenvalue weighted by Gasteiger charge is 2.30. The Morgan fingerprint density at radius 1 is 1.21 bits per heavy atom.